The molecule has 0 aliphatic carbocycles. The molecule has 0 fully saturated rings. The fourth-order valence-corrected chi connectivity index (χ4v) is 3.70. The second-order valence-electron chi connectivity index (χ2n) is 4.25. The number of carbonyl (C=O) groups is 1. The fraction of sp³-hybridized carbons (Fsp3) is 0. The van der Waals surface area contributed by atoms with Crippen LogP contribution in [0.5, 0.6) is 0 Å². The van der Waals surface area contributed by atoms with E-state index in [1.807, 2.05) is 12.1 Å². The maximum atomic E-state index is 11.4. The van der Waals surface area contributed by atoms with Crippen LogP contribution >= 0.6 is 38.9 Å². The molecule has 0 amide bonds. The molecule has 0 atom stereocenters. The molecule has 0 bridgehead atoms. The number of aromatic nitrogens is 1. The van der Waals surface area contributed by atoms with E-state index in [-0.39, 0.29) is 5.56 Å². The van der Waals surface area contributed by atoms with E-state index in [0.717, 1.165) is 25.1 Å². The molecular formula is C14H7BrClNO3S. The first kappa shape index (κ1) is 14.5. The molecule has 0 saturated carbocycles. The van der Waals surface area contributed by atoms with Crippen molar-refractivity contribution in [3.05, 3.63) is 51.6 Å². The molecule has 0 aliphatic heterocycles. The summed E-state index contributed by atoms with van der Waals surface area (Å²) in [5, 5.41) is 8.87. The van der Waals surface area contributed by atoms with Gasteiger partial charge in [0.25, 0.3) is 0 Å². The molecular weight excluding hydrogens is 378 g/mol. The molecule has 7 heteroatoms. The third-order valence-corrected chi connectivity index (χ3v) is 4.61. The molecule has 0 unspecified atom stereocenters. The number of halogens is 2. The highest BCUT2D eigenvalue weighted by Crippen LogP contribution is 2.35. The topological polar surface area (TPSA) is 59.4 Å². The van der Waals surface area contributed by atoms with Crippen LogP contribution in [0, 0.1) is 0 Å². The van der Waals surface area contributed by atoms with Gasteiger partial charge in [0.2, 0.25) is 0 Å². The van der Waals surface area contributed by atoms with Gasteiger partial charge in [-0.15, -0.1) is 11.3 Å². The van der Waals surface area contributed by atoms with Crippen LogP contribution in [0.3, 0.4) is 0 Å². The predicted molar refractivity (Wildman–Crippen MR) is 85.8 cm³/mol. The number of benzene rings is 1. The highest BCUT2D eigenvalue weighted by atomic mass is 79.9. The number of rotatable bonds is 2. The van der Waals surface area contributed by atoms with Gasteiger partial charge in [-0.3, -0.25) is 9.87 Å². The maximum absolute atomic E-state index is 11.4. The minimum Gasteiger partial charge on any atom is -0.296 e. The number of fused-ring (bicyclic) bond motifs is 1. The first-order chi connectivity index (χ1) is 10.1. The molecule has 1 aromatic carbocycles. The van der Waals surface area contributed by atoms with Crippen molar-refractivity contribution in [2.45, 2.75) is 0 Å². The van der Waals surface area contributed by atoms with E-state index in [0.29, 0.717) is 5.02 Å². The van der Waals surface area contributed by atoms with Crippen LogP contribution in [-0.2, 0) is 4.89 Å². The lowest BCUT2D eigenvalue weighted by Gasteiger charge is -2.02. The van der Waals surface area contributed by atoms with E-state index in [9.17, 15) is 4.79 Å². The molecule has 0 saturated heterocycles. The summed E-state index contributed by atoms with van der Waals surface area (Å²) in [5.74, 6) is -0.847. The molecule has 1 N–H and O–H groups in total. The van der Waals surface area contributed by atoms with Gasteiger partial charge >= 0.3 is 5.97 Å². The third kappa shape index (κ3) is 2.94. The molecule has 0 aliphatic rings. The van der Waals surface area contributed by atoms with Gasteiger partial charge in [-0.25, -0.2) is 4.79 Å². The zero-order valence-electron chi connectivity index (χ0n) is 10.3. The third-order valence-electron chi connectivity index (χ3n) is 2.84. The minimum atomic E-state index is -0.847. The van der Waals surface area contributed by atoms with Crippen LogP contribution in [0.15, 0.2) is 41.0 Å². The number of hydrogen-bond donors (Lipinski definition) is 1. The predicted octanol–water partition coefficient (Wildman–Crippen LogP) is 5.01. The smallest absolute Gasteiger partial charge is 0.296 e. The summed E-state index contributed by atoms with van der Waals surface area (Å²) in [6, 6.07) is 8.70. The van der Waals surface area contributed by atoms with Gasteiger partial charge in [0.15, 0.2) is 0 Å². The number of thiophene rings is 1. The Morgan fingerprint density at radius 2 is 2.10 bits per heavy atom. The SMILES string of the molecule is O=C(OO)c1cc(Cl)cc(-c2cc3ncc(Br)cc3s2)c1. The zero-order valence-corrected chi connectivity index (χ0v) is 13.5. The molecule has 2 heterocycles. The Morgan fingerprint density at radius 3 is 2.86 bits per heavy atom. The normalized spacial score (nSPS) is 10.8. The van der Waals surface area contributed by atoms with Crippen molar-refractivity contribution in [1.29, 1.82) is 0 Å². The monoisotopic (exact) mass is 383 g/mol. The number of nitrogens with zero attached hydrogens (tertiary/aromatic N) is 1. The molecule has 3 rings (SSSR count). The van der Waals surface area contributed by atoms with Crippen LogP contribution in [0.2, 0.25) is 5.02 Å². The Balaban J connectivity index is 2.13. The highest BCUT2D eigenvalue weighted by Gasteiger charge is 2.12. The van der Waals surface area contributed by atoms with E-state index in [1.165, 1.54) is 17.4 Å². The molecule has 106 valence electrons. The largest absolute Gasteiger partial charge is 0.372 e. The van der Waals surface area contributed by atoms with E-state index in [2.05, 4.69) is 25.8 Å². The van der Waals surface area contributed by atoms with Crippen molar-refractivity contribution in [2.24, 2.45) is 0 Å². The molecule has 0 spiro atoms. The van der Waals surface area contributed by atoms with Gasteiger partial charge in [0, 0.05) is 20.6 Å². The van der Waals surface area contributed by atoms with E-state index < -0.39 is 5.97 Å². The van der Waals surface area contributed by atoms with Crippen molar-refractivity contribution in [3.8, 4) is 10.4 Å². The lowest BCUT2D eigenvalue weighted by atomic mass is 10.1. The first-order valence-corrected chi connectivity index (χ1v) is 7.77. The molecule has 4 nitrogen and oxygen atoms in total. The maximum Gasteiger partial charge on any atom is 0.372 e. The van der Waals surface area contributed by atoms with Crippen LogP contribution in [0.25, 0.3) is 20.7 Å². The van der Waals surface area contributed by atoms with E-state index in [4.69, 9.17) is 16.9 Å². The van der Waals surface area contributed by atoms with Gasteiger partial charge in [-0.1, -0.05) is 11.6 Å². The Morgan fingerprint density at radius 1 is 1.29 bits per heavy atom. The first-order valence-electron chi connectivity index (χ1n) is 5.78. The Kier molecular flexibility index (Phi) is 3.95. The summed E-state index contributed by atoms with van der Waals surface area (Å²) >= 11 is 10.9. The Labute approximate surface area is 137 Å². The van der Waals surface area contributed by atoms with Gasteiger partial charge in [0.1, 0.15) is 0 Å². The quantitative estimate of drug-likeness (QED) is 0.498. The summed E-state index contributed by atoms with van der Waals surface area (Å²) in [5.41, 5.74) is 1.82. The second-order valence-corrected chi connectivity index (χ2v) is 6.69. The molecule has 0 radical (unpaired) electrons. The summed E-state index contributed by atoms with van der Waals surface area (Å²) in [6.45, 7) is 0. The average Bonchev–Trinajstić information content (AvgIpc) is 2.88. The van der Waals surface area contributed by atoms with Crippen LogP contribution in [0.4, 0.5) is 0 Å². The van der Waals surface area contributed by atoms with Crippen molar-refractivity contribution < 1.29 is 14.9 Å². The Hall–Kier alpha value is -1.47. The Bertz CT molecular complexity index is 849. The standard InChI is InChI=1S/C14H7BrClNO3S/c15-9-4-13-11(17-6-9)5-12(21-13)7-1-8(14(18)20-19)3-10(16)2-7/h1-6,19H. The van der Waals surface area contributed by atoms with Crippen LogP contribution < -0.4 is 0 Å². The van der Waals surface area contributed by atoms with Gasteiger partial charge in [-0.2, -0.15) is 5.26 Å². The van der Waals surface area contributed by atoms with Crippen molar-refractivity contribution in [2.75, 3.05) is 0 Å². The van der Waals surface area contributed by atoms with Crippen LogP contribution in [0.1, 0.15) is 10.4 Å². The zero-order chi connectivity index (χ0) is 15.0. The molecule has 21 heavy (non-hydrogen) atoms. The molecule has 3 aromatic rings. The average molecular weight is 385 g/mol. The van der Waals surface area contributed by atoms with Gasteiger partial charge in [0.05, 0.1) is 15.8 Å². The lowest BCUT2D eigenvalue weighted by molar-refractivity contribution is -0.182. The number of pyridine rings is 1. The summed E-state index contributed by atoms with van der Waals surface area (Å²) in [6.07, 6.45) is 1.73. The van der Waals surface area contributed by atoms with Crippen molar-refractivity contribution in [3.63, 3.8) is 0 Å². The number of hydrogen-bond acceptors (Lipinski definition) is 5. The van der Waals surface area contributed by atoms with Crippen molar-refractivity contribution >= 4 is 55.1 Å². The summed E-state index contributed by atoms with van der Waals surface area (Å²) < 4.78 is 1.92. The van der Waals surface area contributed by atoms with E-state index in [1.54, 1.807) is 18.3 Å². The van der Waals surface area contributed by atoms with Gasteiger partial charge in [-0.05, 0) is 51.8 Å². The molecule has 2 aromatic heterocycles. The fourth-order valence-electron chi connectivity index (χ4n) is 1.94. The summed E-state index contributed by atoms with van der Waals surface area (Å²) in [7, 11) is 0. The second kappa shape index (κ2) is 5.73. The highest BCUT2D eigenvalue weighted by molar-refractivity contribution is 9.10. The summed E-state index contributed by atoms with van der Waals surface area (Å²) in [4.78, 5) is 20.4. The van der Waals surface area contributed by atoms with Crippen molar-refractivity contribution in [1.82, 2.24) is 4.98 Å². The number of carbonyl (C=O) groups excluding carboxylic acids is 1. The van der Waals surface area contributed by atoms with Crippen LogP contribution in [-0.4, -0.2) is 16.2 Å². The van der Waals surface area contributed by atoms with Gasteiger partial charge < -0.3 is 0 Å². The van der Waals surface area contributed by atoms with E-state index >= 15 is 0 Å². The lowest BCUT2D eigenvalue weighted by Crippen LogP contribution is -2.01. The minimum absolute atomic E-state index is 0.187.